The molecule has 0 N–H and O–H groups in total. The molecule has 3 aromatic carbocycles. The van der Waals surface area contributed by atoms with Gasteiger partial charge in [0.1, 0.15) is 11.1 Å². The number of anilines is 1. The fourth-order valence-corrected chi connectivity index (χ4v) is 3.22. The highest BCUT2D eigenvalue weighted by atomic mass is 16.4. The van der Waals surface area contributed by atoms with Crippen LogP contribution in [0.25, 0.3) is 21.7 Å². The van der Waals surface area contributed by atoms with Gasteiger partial charge in [0.25, 0.3) is 5.91 Å². The summed E-state index contributed by atoms with van der Waals surface area (Å²) in [6, 6.07) is 22.5. The van der Waals surface area contributed by atoms with Crippen LogP contribution in [0.4, 0.5) is 5.69 Å². The zero-order valence-electron chi connectivity index (χ0n) is 14.3. The number of para-hydroxylation sites is 1. The fourth-order valence-electron chi connectivity index (χ4n) is 3.22. The lowest BCUT2D eigenvalue weighted by Crippen LogP contribution is -2.33. The Morgan fingerprint density at radius 2 is 1.65 bits per heavy atom. The van der Waals surface area contributed by atoms with E-state index in [1.165, 1.54) is 0 Å². The van der Waals surface area contributed by atoms with Crippen LogP contribution in [0.2, 0.25) is 0 Å². The molecule has 4 aromatic rings. The molecule has 1 aromatic heterocycles. The first-order chi connectivity index (χ1) is 12.7. The summed E-state index contributed by atoms with van der Waals surface area (Å²) in [5, 5.41) is 2.74. The molecule has 0 unspecified atom stereocenters. The van der Waals surface area contributed by atoms with Crippen molar-refractivity contribution in [2.24, 2.45) is 0 Å². The van der Waals surface area contributed by atoms with E-state index in [0.717, 1.165) is 21.8 Å². The van der Waals surface area contributed by atoms with Gasteiger partial charge in [-0.25, -0.2) is 4.79 Å². The number of nitrogens with zero attached hydrogens (tertiary/aromatic N) is 1. The van der Waals surface area contributed by atoms with Crippen LogP contribution >= 0.6 is 0 Å². The van der Waals surface area contributed by atoms with Crippen molar-refractivity contribution in [1.29, 1.82) is 0 Å². The normalized spacial score (nSPS) is 11.0. The number of carbonyl (C=O) groups excluding carboxylic acids is 1. The maximum absolute atomic E-state index is 13.0. The molecule has 128 valence electrons. The second-order valence-corrected chi connectivity index (χ2v) is 6.03. The first-order valence-electron chi connectivity index (χ1n) is 8.51. The molecule has 4 rings (SSSR count). The highest BCUT2D eigenvalue weighted by Gasteiger charge is 2.21. The van der Waals surface area contributed by atoms with E-state index >= 15 is 0 Å². The van der Waals surface area contributed by atoms with E-state index in [1.807, 2.05) is 67.6 Å². The smallest absolute Gasteiger partial charge is 0.349 e. The summed E-state index contributed by atoms with van der Waals surface area (Å²) < 4.78 is 5.45. The van der Waals surface area contributed by atoms with Gasteiger partial charge in [-0.05, 0) is 42.0 Å². The Labute approximate surface area is 150 Å². The standard InChI is InChI=1S/C22H17NO3/c1-2-23(16-9-4-3-5-10-16)21(24)19-14-18-17-11-7-6-8-15(17)12-13-20(18)26-22(19)25/h3-14H,2H2,1H3. The summed E-state index contributed by atoms with van der Waals surface area (Å²) in [4.78, 5) is 27.1. The van der Waals surface area contributed by atoms with E-state index in [-0.39, 0.29) is 11.5 Å². The molecule has 0 saturated carbocycles. The van der Waals surface area contributed by atoms with Gasteiger partial charge in [-0.3, -0.25) is 4.79 Å². The van der Waals surface area contributed by atoms with E-state index in [0.29, 0.717) is 12.1 Å². The number of amides is 1. The summed E-state index contributed by atoms with van der Waals surface area (Å²) >= 11 is 0. The quantitative estimate of drug-likeness (QED) is 0.403. The minimum absolute atomic E-state index is 0.0413. The van der Waals surface area contributed by atoms with Gasteiger partial charge in [0.15, 0.2) is 0 Å². The molecule has 1 amide bonds. The van der Waals surface area contributed by atoms with Crippen LogP contribution in [-0.2, 0) is 0 Å². The fraction of sp³-hybridized carbons (Fsp3) is 0.0909. The van der Waals surface area contributed by atoms with Gasteiger partial charge in [0.2, 0.25) is 0 Å². The lowest BCUT2D eigenvalue weighted by Gasteiger charge is -2.20. The monoisotopic (exact) mass is 343 g/mol. The Balaban J connectivity index is 1.90. The number of hydrogen-bond donors (Lipinski definition) is 0. The number of rotatable bonds is 3. The predicted octanol–water partition coefficient (Wildman–Crippen LogP) is 4.61. The van der Waals surface area contributed by atoms with Crippen LogP contribution in [0.3, 0.4) is 0 Å². The molecule has 0 aliphatic carbocycles. The van der Waals surface area contributed by atoms with Crippen molar-refractivity contribution >= 4 is 33.3 Å². The van der Waals surface area contributed by atoms with Crippen molar-refractivity contribution in [1.82, 2.24) is 0 Å². The molecule has 0 saturated heterocycles. The zero-order valence-corrected chi connectivity index (χ0v) is 14.3. The van der Waals surface area contributed by atoms with Gasteiger partial charge >= 0.3 is 5.63 Å². The van der Waals surface area contributed by atoms with Crippen molar-refractivity contribution < 1.29 is 9.21 Å². The Hall–Kier alpha value is -3.40. The average Bonchev–Trinajstić information content (AvgIpc) is 2.68. The maximum atomic E-state index is 13.0. The average molecular weight is 343 g/mol. The molecule has 1 heterocycles. The van der Waals surface area contributed by atoms with Crippen molar-refractivity contribution in [3.63, 3.8) is 0 Å². The Bertz CT molecular complexity index is 1160. The summed E-state index contributed by atoms with van der Waals surface area (Å²) in [6.45, 7) is 2.33. The minimum Gasteiger partial charge on any atom is -0.422 e. The topological polar surface area (TPSA) is 50.5 Å². The Morgan fingerprint density at radius 1 is 0.923 bits per heavy atom. The molecule has 0 aliphatic rings. The molecular formula is C22H17NO3. The largest absolute Gasteiger partial charge is 0.422 e. The van der Waals surface area contributed by atoms with Crippen LogP contribution < -0.4 is 10.5 Å². The second-order valence-electron chi connectivity index (χ2n) is 6.03. The molecule has 0 bridgehead atoms. The SMILES string of the molecule is CCN(C(=O)c1cc2c(ccc3ccccc32)oc1=O)c1ccccc1. The molecular weight excluding hydrogens is 326 g/mol. The Kier molecular flexibility index (Phi) is 4.01. The molecule has 4 heteroatoms. The minimum atomic E-state index is -0.618. The first-order valence-corrected chi connectivity index (χ1v) is 8.51. The number of fused-ring (bicyclic) bond motifs is 3. The number of hydrogen-bond acceptors (Lipinski definition) is 3. The molecule has 0 aliphatic heterocycles. The highest BCUT2D eigenvalue weighted by molar-refractivity contribution is 6.11. The van der Waals surface area contributed by atoms with Crippen LogP contribution in [0.5, 0.6) is 0 Å². The lowest BCUT2D eigenvalue weighted by atomic mass is 10.0. The molecule has 0 spiro atoms. The van der Waals surface area contributed by atoms with Crippen LogP contribution in [0, 0.1) is 0 Å². The van der Waals surface area contributed by atoms with Crippen LogP contribution in [0.15, 0.2) is 82.0 Å². The van der Waals surface area contributed by atoms with Crippen molar-refractivity contribution in [3.8, 4) is 0 Å². The van der Waals surface area contributed by atoms with Gasteiger partial charge in [-0.15, -0.1) is 0 Å². The Morgan fingerprint density at radius 3 is 2.42 bits per heavy atom. The third kappa shape index (κ3) is 2.65. The summed E-state index contributed by atoms with van der Waals surface area (Å²) in [5.74, 6) is -0.359. The molecule has 26 heavy (non-hydrogen) atoms. The maximum Gasteiger partial charge on any atom is 0.349 e. The molecule has 0 atom stereocenters. The highest BCUT2D eigenvalue weighted by Crippen LogP contribution is 2.25. The molecule has 0 fully saturated rings. The summed E-state index contributed by atoms with van der Waals surface area (Å²) in [7, 11) is 0. The van der Waals surface area contributed by atoms with Gasteiger partial charge < -0.3 is 9.32 Å². The van der Waals surface area contributed by atoms with Crippen LogP contribution in [0.1, 0.15) is 17.3 Å². The van der Waals surface area contributed by atoms with Gasteiger partial charge in [0.05, 0.1) is 0 Å². The number of benzene rings is 3. The van der Waals surface area contributed by atoms with Crippen molar-refractivity contribution in [2.75, 3.05) is 11.4 Å². The van der Waals surface area contributed by atoms with E-state index in [2.05, 4.69) is 0 Å². The van der Waals surface area contributed by atoms with Gasteiger partial charge in [-0.1, -0.05) is 48.5 Å². The third-order valence-corrected chi connectivity index (χ3v) is 4.50. The third-order valence-electron chi connectivity index (χ3n) is 4.50. The van der Waals surface area contributed by atoms with Gasteiger partial charge in [0, 0.05) is 17.6 Å². The molecule has 0 radical (unpaired) electrons. The molecule has 4 nitrogen and oxygen atoms in total. The van der Waals surface area contributed by atoms with Gasteiger partial charge in [-0.2, -0.15) is 0 Å². The van der Waals surface area contributed by atoms with Crippen LogP contribution in [-0.4, -0.2) is 12.5 Å². The van der Waals surface area contributed by atoms with E-state index in [1.54, 1.807) is 17.0 Å². The van der Waals surface area contributed by atoms with E-state index < -0.39 is 5.63 Å². The second kappa shape index (κ2) is 6.48. The van der Waals surface area contributed by atoms with Crippen molar-refractivity contribution in [2.45, 2.75) is 6.92 Å². The summed E-state index contributed by atoms with van der Waals surface area (Å²) in [6.07, 6.45) is 0. The number of carbonyl (C=O) groups is 1. The lowest BCUT2D eigenvalue weighted by molar-refractivity contribution is 0.0985. The zero-order chi connectivity index (χ0) is 18.1. The van der Waals surface area contributed by atoms with Crippen molar-refractivity contribution in [3.05, 3.63) is 88.8 Å². The first kappa shape index (κ1) is 16.1. The predicted molar refractivity (Wildman–Crippen MR) is 104 cm³/mol. The van der Waals surface area contributed by atoms with E-state index in [9.17, 15) is 9.59 Å². The van der Waals surface area contributed by atoms with E-state index in [4.69, 9.17) is 4.42 Å². The summed E-state index contributed by atoms with van der Waals surface area (Å²) in [5.41, 5.74) is 0.650.